The van der Waals surface area contributed by atoms with E-state index in [1.165, 1.54) is 21.6 Å². The standard InChI is InChI=1S/C69H106N18O13S/c1-41(2)37-51(62(94)78-47(58(74)90)30-36-101-4)82-59(91)42(3)38-45-21-14-33-85(45)68(100)53(40-44-19-9-6-10-20-44)84-63(95)52(39-43-17-7-5-8-18-43)83-61(93)48(26-28-56(72)88)79-60(92)49(27-29-57(73)89)80-64(96)55-25-16-35-87(55)67(99)50(23-11-12-31-70)81-65(97)54-24-15-34-86(54)66(98)46(71)22-13-32-77-69(75)76/h5-10,17-20,38,41,45-55H,11-16,21-37,39-40,70-71H2,1-4H3,(H2,72,88)(H2,73,89)(H2,74,90)(H,78,94)(H,79,92)(H,80,96)(H,81,97)(H,82,91)(H,83,93)(H,84,95)(H4,75,76,77)/b42-38+/t45-,46-,47-,48-,49-,50-,51-,52-,53-,54-,55-/m0/s1. The molecule has 2 aromatic rings. The van der Waals surface area contributed by atoms with Crippen LogP contribution in [-0.2, 0) is 75.2 Å². The van der Waals surface area contributed by atoms with E-state index in [0.29, 0.717) is 74.7 Å². The number of amides is 13. The van der Waals surface area contributed by atoms with Crippen LogP contribution in [0.25, 0.3) is 0 Å². The second-order valence-electron chi connectivity index (χ2n) is 26.4. The zero-order chi connectivity index (χ0) is 74.3. The number of thioether (sulfide) groups is 1. The Kier molecular flexibility index (Phi) is 34.4. The van der Waals surface area contributed by atoms with Crippen LogP contribution in [0.2, 0.25) is 0 Å². The largest absolute Gasteiger partial charge is 0.370 e. The summed E-state index contributed by atoms with van der Waals surface area (Å²) >= 11 is 1.48. The van der Waals surface area contributed by atoms with E-state index < -0.39 is 169 Å². The minimum Gasteiger partial charge on any atom is -0.370 e. The number of nitrogens with two attached hydrogens (primary N) is 7. The molecule has 0 aromatic heterocycles. The van der Waals surface area contributed by atoms with Crippen LogP contribution in [0.4, 0.5) is 0 Å². The van der Waals surface area contributed by atoms with Crippen molar-refractivity contribution in [2.45, 2.75) is 209 Å². The molecule has 5 rings (SSSR count). The number of rotatable bonds is 42. The van der Waals surface area contributed by atoms with Gasteiger partial charge in [-0.2, -0.15) is 11.8 Å². The van der Waals surface area contributed by atoms with Gasteiger partial charge in [0.2, 0.25) is 76.8 Å². The first-order chi connectivity index (χ1) is 48.1. The number of likely N-dealkylation sites (tertiary alicyclic amines) is 3. The lowest BCUT2D eigenvalue weighted by Gasteiger charge is -2.32. The van der Waals surface area contributed by atoms with Gasteiger partial charge in [-0.25, -0.2) is 0 Å². The average Bonchev–Trinajstić information content (AvgIpc) is 1.75. The molecule has 101 heavy (non-hydrogen) atoms. The normalized spacial score (nSPS) is 18.3. The summed E-state index contributed by atoms with van der Waals surface area (Å²) in [5.74, 6) is -8.89. The van der Waals surface area contributed by atoms with E-state index in [9.17, 15) is 52.7 Å². The van der Waals surface area contributed by atoms with Crippen LogP contribution in [0.15, 0.2) is 77.3 Å². The highest BCUT2D eigenvalue weighted by Gasteiger charge is 2.43. The number of guanidine groups is 1. The summed E-state index contributed by atoms with van der Waals surface area (Å²) in [4.78, 5) is 189. The van der Waals surface area contributed by atoms with Gasteiger partial charge in [0.25, 0.3) is 0 Å². The van der Waals surface area contributed by atoms with Gasteiger partial charge in [0.15, 0.2) is 5.96 Å². The van der Waals surface area contributed by atoms with E-state index in [1.54, 1.807) is 78.6 Å². The summed E-state index contributed by atoms with van der Waals surface area (Å²) in [6.07, 6.45) is 6.10. The number of nitrogens with one attached hydrogen (secondary N) is 7. The van der Waals surface area contributed by atoms with Crippen molar-refractivity contribution in [3.05, 3.63) is 83.4 Å². The molecule has 3 fully saturated rings. The summed E-state index contributed by atoms with van der Waals surface area (Å²) in [6.45, 7) is 6.44. The highest BCUT2D eigenvalue weighted by Crippen LogP contribution is 2.25. The van der Waals surface area contributed by atoms with Crippen LogP contribution in [0, 0.1) is 5.92 Å². The Bertz CT molecular complexity index is 3230. The molecule has 0 unspecified atom stereocenters. The molecule has 11 atom stereocenters. The molecular weight excluding hydrogens is 1320 g/mol. The van der Waals surface area contributed by atoms with Gasteiger partial charge in [0.1, 0.15) is 54.4 Å². The second kappa shape index (κ2) is 42.2. The predicted octanol–water partition coefficient (Wildman–Crippen LogP) is -1.89. The van der Waals surface area contributed by atoms with Crippen molar-refractivity contribution in [2.75, 3.05) is 44.7 Å². The van der Waals surface area contributed by atoms with Crippen molar-refractivity contribution in [3.8, 4) is 0 Å². The first-order valence-electron chi connectivity index (χ1n) is 34.8. The molecular formula is C69H106N18O13S. The molecule has 21 N–H and O–H groups in total. The zero-order valence-electron chi connectivity index (χ0n) is 58.5. The van der Waals surface area contributed by atoms with Crippen molar-refractivity contribution in [2.24, 2.45) is 51.0 Å². The van der Waals surface area contributed by atoms with E-state index in [0.717, 1.165) is 0 Å². The second-order valence-corrected chi connectivity index (χ2v) is 27.4. The van der Waals surface area contributed by atoms with Crippen LogP contribution in [0.1, 0.15) is 141 Å². The maximum absolute atomic E-state index is 15.1. The van der Waals surface area contributed by atoms with Gasteiger partial charge in [-0.3, -0.25) is 67.3 Å². The van der Waals surface area contributed by atoms with Crippen molar-refractivity contribution in [1.82, 2.24) is 51.9 Å². The Morgan fingerprint density at radius 2 is 1.01 bits per heavy atom. The number of primary amides is 3. The summed E-state index contributed by atoms with van der Waals surface area (Å²) in [7, 11) is 0. The van der Waals surface area contributed by atoms with Crippen molar-refractivity contribution < 1.29 is 62.3 Å². The number of hydrogen-bond acceptors (Lipinski definition) is 17. The van der Waals surface area contributed by atoms with E-state index in [1.807, 2.05) is 20.1 Å². The molecule has 3 saturated heterocycles. The van der Waals surface area contributed by atoms with Gasteiger partial charge >= 0.3 is 0 Å². The fourth-order valence-corrected chi connectivity index (χ4v) is 13.0. The summed E-state index contributed by atoms with van der Waals surface area (Å²) in [6, 6.07) is 4.72. The minimum atomic E-state index is -1.62. The Hall–Kier alpha value is -9.17. The Morgan fingerprint density at radius 3 is 1.54 bits per heavy atom. The molecule has 0 saturated carbocycles. The smallest absolute Gasteiger partial charge is 0.247 e. The third-order valence-corrected chi connectivity index (χ3v) is 18.6. The molecule has 0 bridgehead atoms. The van der Waals surface area contributed by atoms with Crippen LogP contribution in [0.5, 0.6) is 0 Å². The van der Waals surface area contributed by atoms with Gasteiger partial charge < -0.3 is 92.1 Å². The third kappa shape index (κ3) is 27.0. The average molecular weight is 1430 g/mol. The van der Waals surface area contributed by atoms with Gasteiger partial charge in [0.05, 0.1) is 12.1 Å². The number of hydrogen-bond donors (Lipinski definition) is 14. The zero-order valence-corrected chi connectivity index (χ0v) is 59.3. The topological polar surface area (TPSA) is 510 Å². The van der Waals surface area contributed by atoms with Crippen molar-refractivity contribution >= 4 is 94.5 Å². The SMILES string of the molecule is CSCC[C@H](NC(=O)[C@H](CC(C)C)NC(=O)/C(C)=C/[C@@H]1CCCN1C(=O)[C@H](Cc1ccccc1)NC(=O)[C@H](Cc1ccccc1)NC(=O)[C@H](CCC(N)=O)NC(=O)[C@H](CCC(N)=O)NC(=O)[C@@H]1CCCN1C(=O)[C@H](CCCCN)NC(=O)[C@@H]1CCCN1C(=O)[C@@H](N)CCCN=C(N)N)C(N)=O. The predicted molar refractivity (Wildman–Crippen MR) is 381 cm³/mol. The first-order valence-corrected chi connectivity index (χ1v) is 36.2. The molecule has 3 heterocycles. The quantitative estimate of drug-likeness (QED) is 0.0150. The molecule has 0 radical (unpaired) electrons. The highest BCUT2D eigenvalue weighted by molar-refractivity contribution is 7.98. The number of nitrogens with zero attached hydrogens (tertiary/aromatic N) is 4. The van der Waals surface area contributed by atoms with Gasteiger partial charge in [-0.05, 0) is 139 Å². The fraction of sp³-hybridized carbons (Fsp3) is 0.594. The van der Waals surface area contributed by atoms with Crippen molar-refractivity contribution in [1.29, 1.82) is 0 Å². The number of benzene rings is 2. The molecule has 556 valence electrons. The van der Waals surface area contributed by atoms with Crippen LogP contribution in [-0.4, -0.2) is 209 Å². The minimum absolute atomic E-state index is 0.0163. The highest BCUT2D eigenvalue weighted by atomic mass is 32.2. The maximum atomic E-state index is 15.1. The van der Waals surface area contributed by atoms with Crippen LogP contribution < -0.4 is 77.4 Å². The molecule has 13 amide bonds. The number of unbranched alkanes of at least 4 members (excludes halogenated alkanes) is 1. The van der Waals surface area contributed by atoms with Crippen molar-refractivity contribution in [3.63, 3.8) is 0 Å². The number of carbonyl (C=O) groups excluding carboxylic acids is 13. The Balaban J connectivity index is 1.37. The number of aliphatic imine (C=N–C) groups is 1. The summed E-state index contributed by atoms with van der Waals surface area (Å²) in [5, 5.41) is 19.2. The monoisotopic (exact) mass is 1430 g/mol. The molecule has 3 aliphatic heterocycles. The lowest BCUT2D eigenvalue weighted by atomic mass is 10.0. The first kappa shape index (κ1) is 82.5. The molecule has 0 aliphatic carbocycles. The van der Waals surface area contributed by atoms with E-state index in [2.05, 4.69) is 42.2 Å². The molecule has 32 heteroatoms. The summed E-state index contributed by atoms with van der Waals surface area (Å²) < 4.78 is 0. The van der Waals surface area contributed by atoms with Crippen LogP contribution in [0.3, 0.4) is 0 Å². The molecule has 3 aliphatic rings. The maximum Gasteiger partial charge on any atom is 0.247 e. The molecule has 31 nitrogen and oxygen atoms in total. The summed E-state index contributed by atoms with van der Waals surface area (Å²) in [5.41, 5.74) is 41.2. The lowest BCUT2D eigenvalue weighted by molar-refractivity contribution is -0.144. The molecule has 2 aromatic carbocycles. The fourth-order valence-electron chi connectivity index (χ4n) is 12.6. The number of carbonyl (C=O) groups is 13. The molecule has 0 spiro atoms. The van der Waals surface area contributed by atoms with E-state index in [-0.39, 0.29) is 88.7 Å². The lowest BCUT2D eigenvalue weighted by Crippen LogP contribution is -2.60. The Labute approximate surface area is 594 Å². The van der Waals surface area contributed by atoms with Gasteiger partial charge in [-0.15, -0.1) is 0 Å². The Morgan fingerprint density at radius 1 is 0.535 bits per heavy atom. The van der Waals surface area contributed by atoms with Gasteiger partial charge in [0, 0.05) is 57.4 Å². The third-order valence-electron chi connectivity index (χ3n) is 17.9. The van der Waals surface area contributed by atoms with E-state index >= 15 is 9.59 Å². The van der Waals surface area contributed by atoms with Gasteiger partial charge in [-0.1, -0.05) is 80.6 Å². The van der Waals surface area contributed by atoms with E-state index in [4.69, 9.17) is 40.1 Å². The van der Waals surface area contributed by atoms with Crippen LogP contribution >= 0.6 is 11.8 Å².